The SMILES string of the molecule is CCNC(=O)[C@@H]1CC=CC[C@@H]1C(=O)N1CCCCC1. The molecule has 0 aromatic carbocycles. The first kappa shape index (κ1) is 14.1. The van der Waals surface area contributed by atoms with Gasteiger partial charge in [-0.2, -0.15) is 0 Å². The topological polar surface area (TPSA) is 49.4 Å². The van der Waals surface area contributed by atoms with E-state index in [2.05, 4.69) is 5.32 Å². The van der Waals surface area contributed by atoms with Gasteiger partial charge in [-0.15, -0.1) is 0 Å². The van der Waals surface area contributed by atoms with E-state index >= 15 is 0 Å². The molecule has 19 heavy (non-hydrogen) atoms. The zero-order valence-electron chi connectivity index (χ0n) is 11.7. The highest BCUT2D eigenvalue weighted by Crippen LogP contribution is 2.28. The first-order chi connectivity index (χ1) is 9.24. The molecule has 0 aromatic heterocycles. The van der Waals surface area contributed by atoms with Crippen molar-refractivity contribution in [3.05, 3.63) is 12.2 Å². The molecular weight excluding hydrogens is 240 g/mol. The molecule has 0 aromatic rings. The Morgan fingerprint density at radius 2 is 1.74 bits per heavy atom. The summed E-state index contributed by atoms with van der Waals surface area (Å²) in [6.07, 6.45) is 8.88. The van der Waals surface area contributed by atoms with Crippen LogP contribution in [0.25, 0.3) is 0 Å². The fourth-order valence-corrected chi connectivity index (χ4v) is 3.03. The minimum atomic E-state index is -0.181. The molecule has 1 fully saturated rings. The van der Waals surface area contributed by atoms with Gasteiger partial charge in [-0.1, -0.05) is 12.2 Å². The lowest BCUT2D eigenvalue weighted by atomic mass is 9.81. The molecule has 0 bridgehead atoms. The Bertz CT molecular complexity index is 359. The Labute approximate surface area is 115 Å². The summed E-state index contributed by atoms with van der Waals surface area (Å²) < 4.78 is 0. The number of allylic oxidation sites excluding steroid dienone is 2. The quantitative estimate of drug-likeness (QED) is 0.789. The maximum Gasteiger partial charge on any atom is 0.226 e. The highest BCUT2D eigenvalue weighted by Gasteiger charge is 2.36. The molecule has 0 saturated carbocycles. The summed E-state index contributed by atoms with van der Waals surface area (Å²) >= 11 is 0. The molecule has 1 saturated heterocycles. The van der Waals surface area contributed by atoms with Crippen molar-refractivity contribution in [1.29, 1.82) is 0 Å². The van der Waals surface area contributed by atoms with Crippen LogP contribution >= 0.6 is 0 Å². The normalized spacial score (nSPS) is 27.1. The van der Waals surface area contributed by atoms with Gasteiger partial charge in [0.15, 0.2) is 0 Å². The molecule has 2 amide bonds. The van der Waals surface area contributed by atoms with Crippen LogP contribution in [0.3, 0.4) is 0 Å². The van der Waals surface area contributed by atoms with E-state index < -0.39 is 0 Å². The summed E-state index contributed by atoms with van der Waals surface area (Å²) in [7, 11) is 0. The van der Waals surface area contributed by atoms with Gasteiger partial charge < -0.3 is 10.2 Å². The van der Waals surface area contributed by atoms with Gasteiger partial charge >= 0.3 is 0 Å². The van der Waals surface area contributed by atoms with Gasteiger partial charge in [0, 0.05) is 19.6 Å². The van der Waals surface area contributed by atoms with E-state index in [1.165, 1.54) is 6.42 Å². The third-order valence-corrected chi connectivity index (χ3v) is 4.11. The second-order valence-corrected chi connectivity index (χ2v) is 5.44. The van der Waals surface area contributed by atoms with Crippen LogP contribution in [0.15, 0.2) is 12.2 Å². The van der Waals surface area contributed by atoms with E-state index in [9.17, 15) is 9.59 Å². The second kappa shape index (κ2) is 6.73. The molecule has 1 aliphatic heterocycles. The number of nitrogens with one attached hydrogen (secondary N) is 1. The number of piperidine rings is 1. The third-order valence-electron chi connectivity index (χ3n) is 4.11. The van der Waals surface area contributed by atoms with E-state index in [-0.39, 0.29) is 23.7 Å². The van der Waals surface area contributed by atoms with Crippen LogP contribution in [0.5, 0.6) is 0 Å². The summed E-state index contributed by atoms with van der Waals surface area (Å²) in [5, 5.41) is 2.86. The average molecular weight is 264 g/mol. The van der Waals surface area contributed by atoms with Gasteiger partial charge in [-0.3, -0.25) is 9.59 Å². The van der Waals surface area contributed by atoms with E-state index in [0.717, 1.165) is 25.9 Å². The molecule has 2 atom stereocenters. The van der Waals surface area contributed by atoms with Gasteiger partial charge in [-0.25, -0.2) is 0 Å². The first-order valence-corrected chi connectivity index (χ1v) is 7.45. The molecule has 0 unspecified atom stereocenters. The van der Waals surface area contributed by atoms with Gasteiger partial charge in [0.25, 0.3) is 0 Å². The van der Waals surface area contributed by atoms with Crippen LogP contribution in [0, 0.1) is 11.8 Å². The van der Waals surface area contributed by atoms with Crippen LogP contribution < -0.4 is 5.32 Å². The van der Waals surface area contributed by atoms with Gasteiger partial charge in [0.1, 0.15) is 0 Å². The molecule has 1 N–H and O–H groups in total. The van der Waals surface area contributed by atoms with E-state index in [1.54, 1.807) is 0 Å². The number of rotatable bonds is 3. The lowest BCUT2D eigenvalue weighted by Crippen LogP contribution is -2.46. The van der Waals surface area contributed by atoms with Crippen LogP contribution in [0.1, 0.15) is 39.0 Å². The molecule has 106 valence electrons. The maximum atomic E-state index is 12.6. The molecular formula is C15H24N2O2. The molecule has 2 rings (SSSR count). The summed E-state index contributed by atoms with van der Waals surface area (Å²) in [5.41, 5.74) is 0. The number of amides is 2. The number of carbonyl (C=O) groups is 2. The monoisotopic (exact) mass is 264 g/mol. The zero-order chi connectivity index (χ0) is 13.7. The van der Waals surface area contributed by atoms with E-state index in [4.69, 9.17) is 0 Å². The minimum Gasteiger partial charge on any atom is -0.356 e. The van der Waals surface area contributed by atoms with Gasteiger partial charge in [-0.05, 0) is 39.0 Å². The van der Waals surface area contributed by atoms with Crippen molar-refractivity contribution < 1.29 is 9.59 Å². The lowest BCUT2D eigenvalue weighted by molar-refractivity contribution is -0.142. The summed E-state index contributed by atoms with van der Waals surface area (Å²) in [6, 6.07) is 0. The molecule has 2 aliphatic rings. The number of hydrogen-bond donors (Lipinski definition) is 1. The fraction of sp³-hybridized carbons (Fsp3) is 0.733. The van der Waals surface area contributed by atoms with Gasteiger partial charge in [0.2, 0.25) is 11.8 Å². The largest absolute Gasteiger partial charge is 0.356 e. The average Bonchev–Trinajstić information content (AvgIpc) is 2.47. The Kier molecular flexibility index (Phi) is 5.00. The molecule has 4 heteroatoms. The van der Waals surface area contributed by atoms with Crippen LogP contribution in [0.2, 0.25) is 0 Å². The van der Waals surface area contributed by atoms with Crippen molar-refractivity contribution in [3.63, 3.8) is 0 Å². The Balaban J connectivity index is 2.04. The Hall–Kier alpha value is -1.32. The van der Waals surface area contributed by atoms with Gasteiger partial charge in [0.05, 0.1) is 11.8 Å². The fourth-order valence-electron chi connectivity index (χ4n) is 3.03. The zero-order valence-corrected chi connectivity index (χ0v) is 11.7. The first-order valence-electron chi connectivity index (χ1n) is 7.45. The second-order valence-electron chi connectivity index (χ2n) is 5.44. The number of nitrogens with zero attached hydrogens (tertiary/aromatic N) is 1. The highest BCUT2D eigenvalue weighted by molar-refractivity contribution is 5.88. The van der Waals surface area contributed by atoms with Crippen molar-refractivity contribution in [1.82, 2.24) is 10.2 Å². The van der Waals surface area contributed by atoms with E-state index in [1.807, 2.05) is 24.0 Å². The molecule has 1 heterocycles. The van der Waals surface area contributed by atoms with Crippen molar-refractivity contribution in [2.45, 2.75) is 39.0 Å². The van der Waals surface area contributed by atoms with Crippen molar-refractivity contribution in [3.8, 4) is 0 Å². The summed E-state index contributed by atoms with van der Waals surface area (Å²) in [6.45, 7) is 4.27. The molecule has 0 spiro atoms. The Morgan fingerprint density at radius 3 is 2.37 bits per heavy atom. The van der Waals surface area contributed by atoms with Crippen molar-refractivity contribution >= 4 is 11.8 Å². The standard InChI is InChI=1S/C15H24N2O2/c1-2-16-14(18)12-8-4-5-9-13(12)15(19)17-10-6-3-7-11-17/h4-5,12-13H,2-3,6-11H2,1H3,(H,16,18)/t12-,13+/m1/s1. The third kappa shape index (κ3) is 3.37. The predicted molar refractivity (Wildman–Crippen MR) is 74.5 cm³/mol. The Morgan fingerprint density at radius 1 is 1.11 bits per heavy atom. The summed E-state index contributed by atoms with van der Waals surface area (Å²) in [4.78, 5) is 26.6. The minimum absolute atomic E-state index is 0.0298. The van der Waals surface area contributed by atoms with E-state index in [0.29, 0.717) is 19.4 Å². The predicted octanol–water partition coefficient (Wildman–Crippen LogP) is 1.72. The smallest absolute Gasteiger partial charge is 0.226 e. The highest BCUT2D eigenvalue weighted by atomic mass is 16.2. The van der Waals surface area contributed by atoms with Crippen LogP contribution in [0.4, 0.5) is 0 Å². The summed E-state index contributed by atoms with van der Waals surface area (Å²) in [5.74, 6) is -0.128. The lowest BCUT2D eigenvalue weighted by Gasteiger charge is -2.34. The number of hydrogen-bond acceptors (Lipinski definition) is 2. The molecule has 4 nitrogen and oxygen atoms in total. The molecule has 1 aliphatic carbocycles. The van der Waals surface area contributed by atoms with Crippen LogP contribution in [-0.2, 0) is 9.59 Å². The maximum absolute atomic E-state index is 12.6. The van der Waals surface area contributed by atoms with Crippen LogP contribution in [-0.4, -0.2) is 36.3 Å². The number of likely N-dealkylation sites (tertiary alicyclic amines) is 1. The number of carbonyl (C=O) groups excluding carboxylic acids is 2. The van der Waals surface area contributed by atoms with Crippen molar-refractivity contribution in [2.75, 3.05) is 19.6 Å². The molecule has 0 radical (unpaired) electrons. The van der Waals surface area contributed by atoms with Crippen molar-refractivity contribution in [2.24, 2.45) is 11.8 Å².